The van der Waals surface area contributed by atoms with Crippen molar-refractivity contribution >= 4 is 0 Å². The van der Waals surface area contributed by atoms with Crippen molar-refractivity contribution in [2.75, 3.05) is 0 Å². The van der Waals surface area contributed by atoms with Crippen molar-refractivity contribution < 1.29 is 31.8 Å². The number of hydrogen-bond acceptors (Lipinski definition) is 7. The van der Waals surface area contributed by atoms with Crippen LogP contribution < -0.4 is 4.74 Å². The summed E-state index contributed by atoms with van der Waals surface area (Å²) in [7, 11) is 0. The predicted octanol–water partition coefficient (Wildman–Crippen LogP) is 2.21. The first kappa shape index (κ1) is 20.5. The van der Waals surface area contributed by atoms with Crippen molar-refractivity contribution in [2.45, 2.75) is 31.4 Å². The molecule has 29 heavy (non-hydrogen) atoms. The highest BCUT2D eigenvalue weighted by Gasteiger charge is 2.42. The van der Waals surface area contributed by atoms with Gasteiger partial charge in [0.15, 0.2) is 0 Å². The van der Waals surface area contributed by atoms with Crippen LogP contribution in [0.25, 0.3) is 0 Å². The zero-order valence-electron chi connectivity index (χ0n) is 14.5. The van der Waals surface area contributed by atoms with E-state index in [-0.39, 0.29) is 12.5 Å². The van der Waals surface area contributed by atoms with Gasteiger partial charge in [0.25, 0.3) is 0 Å². The van der Waals surface area contributed by atoms with Crippen LogP contribution in [0.2, 0.25) is 0 Å². The Morgan fingerprint density at radius 2 is 1.83 bits per heavy atom. The summed E-state index contributed by atoms with van der Waals surface area (Å²) in [5.74, 6) is -3.73. The third-order valence-corrected chi connectivity index (χ3v) is 3.79. The van der Waals surface area contributed by atoms with Gasteiger partial charge in [0, 0.05) is 24.0 Å². The molecular formula is C16H13F5N6O2. The normalized spacial score (nSPS) is 13.3. The SMILES string of the molecule is OC(Cn1cnnn1)C(F)(F)c1ccc(COc2ccc(C(F)(F)F)cn2)cn1. The second-order valence-corrected chi connectivity index (χ2v) is 5.89. The lowest BCUT2D eigenvalue weighted by Gasteiger charge is -2.21. The van der Waals surface area contributed by atoms with Gasteiger partial charge >= 0.3 is 12.1 Å². The highest BCUT2D eigenvalue weighted by Crippen LogP contribution is 2.31. The molecular weight excluding hydrogens is 403 g/mol. The van der Waals surface area contributed by atoms with Gasteiger partial charge < -0.3 is 9.84 Å². The number of hydrogen-bond donors (Lipinski definition) is 1. The van der Waals surface area contributed by atoms with Crippen LogP contribution in [-0.4, -0.2) is 41.4 Å². The molecule has 0 spiro atoms. The summed E-state index contributed by atoms with van der Waals surface area (Å²) >= 11 is 0. The molecule has 0 saturated heterocycles. The van der Waals surface area contributed by atoms with Crippen LogP contribution >= 0.6 is 0 Å². The number of tetrazole rings is 1. The van der Waals surface area contributed by atoms with Gasteiger partial charge in [-0.2, -0.15) is 22.0 Å². The number of alkyl halides is 5. The van der Waals surface area contributed by atoms with Crippen molar-refractivity contribution in [1.29, 1.82) is 0 Å². The first-order valence-electron chi connectivity index (χ1n) is 8.04. The average Bonchev–Trinajstić information content (AvgIpc) is 3.19. The first-order valence-corrected chi connectivity index (χ1v) is 8.04. The molecule has 0 aliphatic rings. The van der Waals surface area contributed by atoms with Crippen molar-refractivity contribution in [3.63, 3.8) is 0 Å². The lowest BCUT2D eigenvalue weighted by molar-refractivity contribution is -0.137. The van der Waals surface area contributed by atoms with E-state index < -0.39 is 36.0 Å². The molecule has 0 aliphatic heterocycles. The summed E-state index contributed by atoms with van der Waals surface area (Å²) in [4.78, 5) is 7.18. The van der Waals surface area contributed by atoms with Gasteiger partial charge in [-0.3, -0.25) is 4.98 Å². The molecule has 3 heterocycles. The Balaban J connectivity index is 1.60. The fourth-order valence-electron chi connectivity index (χ4n) is 2.22. The molecule has 0 aromatic carbocycles. The number of pyridine rings is 2. The maximum Gasteiger partial charge on any atom is 0.417 e. The first-order chi connectivity index (χ1) is 13.7. The standard InChI is InChI=1S/C16H13F5N6O2/c17-15(18,13(28)7-27-9-24-25-26-27)12-3-1-10(5-22-12)8-29-14-4-2-11(6-23-14)16(19,20)21/h1-6,9,13,28H,7-8H2. The smallest absolute Gasteiger partial charge is 0.417 e. The van der Waals surface area contributed by atoms with Gasteiger partial charge in [-0.1, -0.05) is 6.07 Å². The van der Waals surface area contributed by atoms with E-state index in [2.05, 4.69) is 25.5 Å². The average molecular weight is 416 g/mol. The Bertz CT molecular complexity index is 916. The van der Waals surface area contributed by atoms with Gasteiger partial charge in [0.2, 0.25) is 5.88 Å². The molecule has 13 heteroatoms. The van der Waals surface area contributed by atoms with Crippen molar-refractivity contribution in [2.24, 2.45) is 0 Å². The minimum Gasteiger partial charge on any atom is -0.473 e. The van der Waals surface area contributed by atoms with Crippen molar-refractivity contribution in [1.82, 2.24) is 30.2 Å². The summed E-state index contributed by atoms with van der Waals surface area (Å²) in [5.41, 5.74) is -1.21. The number of rotatable bonds is 7. The largest absolute Gasteiger partial charge is 0.473 e. The number of aliphatic hydroxyl groups excluding tert-OH is 1. The number of halogens is 5. The second-order valence-electron chi connectivity index (χ2n) is 5.89. The molecule has 1 atom stereocenters. The van der Waals surface area contributed by atoms with Crippen molar-refractivity contribution in [3.8, 4) is 5.88 Å². The number of aliphatic hydroxyl groups is 1. The van der Waals surface area contributed by atoms with E-state index in [1.165, 1.54) is 6.07 Å². The molecule has 3 aromatic rings. The van der Waals surface area contributed by atoms with Gasteiger partial charge in [-0.15, -0.1) is 5.10 Å². The topological polar surface area (TPSA) is 98.8 Å². The van der Waals surface area contributed by atoms with Crippen LogP contribution in [0.4, 0.5) is 22.0 Å². The Morgan fingerprint density at radius 1 is 1.03 bits per heavy atom. The fraction of sp³-hybridized carbons (Fsp3) is 0.312. The summed E-state index contributed by atoms with van der Waals surface area (Å²) in [5, 5.41) is 19.8. The molecule has 0 aliphatic carbocycles. The predicted molar refractivity (Wildman–Crippen MR) is 85.5 cm³/mol. The van der Waals surface area contributed by atoms with Crippen LogP contribution in [-0.2, 0) is 25.3 Å². The van der Waals surface area contributed by atoms with E-state index in [4.69, 9.17) is 4.74 Å². The summed E-state index contributed by atoms with van der Waals surface area (Å²) in [6.07, 6.45) is -3.80. The van der Waals surface area contributed by atoms with Gasteiger partial charge in [0.1, 0.15) is 24.7 Å². The third-order valence-electron chi connectivity index (χ3n) is 3.79. The summed E-state index contributed by atoms with van der Waals surface area (Å²) in [6, 6.07) is 4.18. The van der Waals surface area contributed by atoms with Gasteiger partial charge in [0.05, 0.1) is 12.1 Å². The Labute approximate surface area is 160 Å². The molecule has 0 fully saturated rings. The third kappa shape index (κ3) is 4.99. The molecule has 154 valence electrons. The van der Waals surface area contributed by atoms with Crippen LogP contribution in [0.5, 0.6) is 5.88 Å². The van der Waals surface area contributed by atoms with E-state index in [1.807, 2.05) is 0 Å². The zero-order chi connectivity index (χ0) is 21.1. The molecule has 1 unspecified atom stereocenters. The number of ether oxygens (including phenoxy) is 1. The molecule has 0 bridgehead atoms. The minimum absolute atomic E-state index is 0.0655. The highest BCUT2D eigenvalue weighted by molar-refractivity contribution is 5.21. The van der Waals surface area contributed by atoms with Crippen LogP contribution in [0.15, 0.2) is 43.0 Å². The second kappa shape index (κ2) is 8.03. The molecule has 1 N–H and O–H groups in total. The van der Waals surface area contributed by atoms with E-state index in [0.717, 1.165) is 35.4 Å². The number of aromatic nitrogens is 6. The van der Waals surface area contributed by atoms with Gasteiger partial charge in [-0.05, 0) is 22.6 Å². The van der Waals surface area contributed by atoms with Crippen molar-refractivity contribution in [3.05, 3.63) is 59.8 Å². The maximum atomic E-state index is 14.3. The lowest BCUT2D eigenvalue weighted by atomic mass is 10.1. The fourth-order valence-corrected chi connectivity index (χ4v) is 2.22. The van der Waals surface area contributed by atoms with E-state index in [1.54, 1.807) is 0 Å². The molecule has 0 saturated carbocycles. The molecule has 8 nitrogen and oxygen atoms in total. The Kier molecular flexibility index (Phi) is 5.68. The quantitative estimate of drug-likeness (QED) is 0.590. The summed E-state index contributed by atoms with van der Waals surface area (Å²) in [6.45, 7) is -0.684. The van der Waals surface area contributed by atoms with Gasteiger partial charge in [-0.25, -0.2) is 9.67 Å². The van der Waals surface area contributed by atoms with E-state index in [9.17, 15) is 27.1 Å². The molecule has 3 rings (SSSR count). The zero-order valence-corrected chi connectivity index (χ0v) is 14.5. The van der Waals surface area contributed by atoms with E-state index in [0.29, 0.717) is 11.8 Å². The highest BCUT2D eigenvalue weighted by atomic mass is 19.4. The Hall–Kier alpha value is -3.22. The Morgan fingerprint density at radius 3 is 2.38 bits per heavy atom. The molecule has 0 amide bonds. The monoisotopic (exact) mass is 416 g/mol. The maximum absolute atomic E-state index is 14.3. The summed E-state index contributed by atoms with van der Waals surface area (Å²) < 4.78 is 72.3. The number of nitrogens with zero attached hydrogens (tertiary/aromatic N) is 6. The van der Waals surface area contributed by atoms with Crippen LogP contribution in [0.1, 0.15) is 16.8 Å². The van der Waals surface area contributed by atoms with Crippen LogP contribution in [0.3, 0.4) is 0 Å². The molecule has 3 aromatic heterocycles. The van der Waals surface area contributed by atoms with E-state index >= 15 is 0 Å². The minimum atomic E-state index is -4.51. The molecule has 0 radical (unpaired) electrons. The lowest BCUT2D eigenvalue weighted by Crippen LogP contribution is -2.35. The van der Waals surface area contributed by atoms with Crippen LogP contribution in [0, 0.1) is 0 Å².